The second-order valence-electron chi connectivity index (χ2n) is 7.24. The third-order valence-corrected chi connectivity index (χ3v) is 5.97. The average molecular weight is 516 g/mol. The maximum atomic E-state index is 13.1. The molecule has 0 bridgehead atoms. The Morgan fingerprint density at radius 2 is 1.60 bits per heavy atom. The maximum Gasteiger partial charge on any atom is 0.388 e. The Bertz CT molecular complexity index is 1440. The molecule has 0 atom stereocenters. The fourth-order valence-corrected chi connectivity index (χ4v) is 4.17. The molecule has 0 saturated heterocycles. The zero-order valence-electron chi connectivity index (χ0n) is 17.5. The van der Waals surface area contributed by atoms with E-state index in [2.05, 4.69) is 15.5 Å². The number of benzene rings is 2. The van der Waals surface area contributed by atoms with Gasteiger partial charge in [-0.25, -0.2) is 0 Å². The molecule has 0 aromatic heterocycles. The fourth-order valence-electron chi connectivity index (χ4n) is 3.29. The normalized spacial score (nSPS) is 18.1. The molecule has 0 heterocycles. The molecule has 178 valence electrons. The van der Waals surface area contributed by atoms with E-state index in [-0.39, 0.29) is 16.2 Å². The van der Waals surface area contributed by atoms with E-state index < -0.39 is 49.3 Å². The number of fused-ring (bicyclic) bond motifs is 1. The minimum absolute atomic E-state index is 0.103. The van der Waals surface area contributed by atoms with Crippen LogP contribution < -0.4 is 5.32 Å². The van der Waals surface area contributed by atoms with Crippen molar-refractivity contribution < 1.29 is 33.3 Å². The summed E-state index contributed by atoms with van der Waals surface area (Å²) in [6, 6.07) is 13.8. The molecule has 5 N–H and O–H groups in total. The van der Waals surface area contributed by atoms with Crippen LogP contribution in [-0.2, 0) is 19.5 Å². The maximum absolute atomic E-state index is 13.1. The molecule has 0 saturated carbocycles. The van der Waals surface area contributed by atoms with Crippen molar-refractivity contribution in [2.45, 2.75) is 0 Å². The SMILES string of the molecule is O=C1C(N(O)O)=CC(Cl)=CC1=NN=C1C(=O)c2ccc(Nc3ccccc3)cc2C=C1[S+](=O)(O)O. The summed E-state index contributed by atoms with van der Waals surface area (Å²) in [6.45, 7) is 0. The van der Waals surface area contributed by atoms with E-state index in [9.17, 15) is 22.9 Å². The monoisotopic (exact) mass is 515 g/mol. The van der Waals surface area contributed by atoms with Crippen molar-refractivity contribution in [1.82, 2.24) is 5.23 Å². The van der Waals surface area contributed by atoms with Gasteiger partial charge in [0.25, 0.3) is 4.91 Å². The van der Waals surface area contributed by atoms with Crippen LogP contribution in [-0.4, -0.2) is 47.7 Å². The van der Waals surface area contributed by atoms with Gasteiger partial charge in [0.1, 0.15) is 11.4 Å². The van der Waals surface area contributed by atoms with Crippen LogP contribution >= 0.6 is 11.6 Å². The van der Waals surface area contributed by atoms with E-state index in [1.54, 1.807) is 12.1 Å². The first-order chi connectivity index (χ1) is 16.5. The summed E-state index contributed by atoms with van der Waals surface area (Å²) < 4.78 is 31.8. The summed E-state index contributed by atoms with van der Waals surface area (Å²) in [5, 5.41) is 28.2. The Morgan fingerprint density at radius 3 is 2.26 bits per heavy atom. The number of halogens is 1. The fraction of sp³-hybridized carbons (Fsp3) is 0. The van der Waals surface area contributed by atoms with E-state index >= 15 is 0 Å². The number of rotatable bonds is 5. The lowest BCUT2D eigenvalue weighted by atomic mass is 9.94. The number of allylic oxidation sites excluding steroid dienone is 5. The second kappa shape index (κ2) is 9.46. The summed E-state index contributed by atoms with van der Waals surface area (Å²) in [5.74, 6) is -1.83. The van der Waals surface area contributed by atoms with E-state index in [1.807, 2.05) is 30.3 Å². The van der Waals surface area contributed by atoms with Gasteiger partial charge in [-0.15, -0.1) is 15.4 Å². The Balaban J connectivity index is 1.75. The number of nitrogens with zero attached hydrogens (tertiary/aromatic N) is 3. The van der Waals surface area contributed by atoms with Crippen LogP contribution in [0.2, 0.25) is 0 Å². The molecule has 13 heteroatoms. The number of carbonyl (C=O) groups is 2. The quantitative estimate of drug-likeness (QED) is 0.225. The number of nitrogens with one attached hydrogen (secondary N) is 1. The lowest BCUT2D eigenvalue weighted by Crippen LogP contribution is -2.30. The molecule has 35 heavy (non-hydrogen) atoms. The van der Waals surface area contributed by atoms with Crippen LogP contribution in [0, 0.1) is 0 Å². The zero-order valence-corrected chi connectivity index (χ0v) is 19.1. The number of hydrogen-bond acceptors (Lipinski definition) is 9. The minimum Gasteiger partial charge on any atom is -0.356 e. The number of para-hydroxylation sites is 1. The van der Waals surface area contributed by atoms with Crippen molar-refractivity contribution >= 4 is 62.5 Å². The molecule has 0 fully saturated rings. The first-order valence-electron chi connectivity index (χ1n) is 9.73. The number of Topliss-reactive ketones (excluding diaryl/α,β-unsaturated/α-hetero) is 2. The highest BCUT2D eigenvalue weighted by atomic mass is 35.5. The topological polar surface area (TPSA) is 172 Å². The van der Waals surface area contributed by atoms with Gasteiger partial charge in [0, 0.05) is 28.0 Å². The molecule has 2 aromatic rings. The first kappa shape index (κ1) is 24.3. The third-order valence-electron chi connectivity index (χ3n) is 4.87. The smallest absolute Gasteiger partial charge is 0.356 e. The largest absolute Gasteiger partial charge is 0.388 e. The predicted molar refractivity (Wildman–Crippen MR) is 129 cm³/mol. The van der Waals surface area contributed by atoms with Crippen LogP contribution in [0.5, 0.6) is 0 Å². The van der Waals surface area contributed by atoms with Gasteiger partial charge >= 0.3 is 10.5 Å². The molecule has 4 rings (SSSR count). The number of carbonyl (C=O) groups excluding carboxylic acids is 2. The van der Waals surface area contributed by atoms with Crippen LogP contribution in [0.4, 0.5) is 11.4 Å². The standard InChI is InChI=1S/C22H15ClN4O7S/c23-13-10-17(22(29)18(11-13)27(30)31)25-26-20-19(35(32,33)34)9-12-8-15(6-7-16(12)21(20)28)24-14-4-2-1-3-5-14/h1-11,30-31H,(H2-,24,28,32,33,34)/p+1. The molecule has 0 unspecified atom stereocenters. The average Bonchev–Trinajstić information content (AvgIpc) is 2.80. The van der Waals surface area contributed by atoms with E-state index in [0.717, 1.165) is 23.9 Å². The summed E-state index contributed by atoms with van der Waals surface area (Å²) in [7, 11) is -4.68. The van der Waals surface area contributed by atoms with Crippen molar-refractivity contribution in [3.63, 3.8) is 0 Å². The number of anilines is 2. The second-order valence-corrected chi connectivity index (χ2v) is 9.11. The van der Waals surface area contributed by atoms with Crippen molar-refractivity contribution in [3.8, 4) is 0 Å². The molecular formula is C22H16ClN4O7S+. The molecule has 0 radical (unpaired) electrons. The molecule has 0 amide bonds. The highest BCUT2D eigenvalue weighted by molar-refractivity contribution is 7.97. The van der Waals surface area contributed by atoms with Gasteiger partial charge in [0.2, 0.25) is 11.6 Å². The van der Waals surface area contributed by atoms with Gasteiger partial charge < -0.3 is 5.32 Å². The van der Waals surface area contributed by atoms with Crippen molar-refractivity contribution in [2.75, 3.05) is 5.32 Å². The highest BCUT2D eigenvalue weighted by Crippen LogP contribution is 2.30. The Hall–Kier alpha value is -3.78. The van der Waals surface area contributed by atoms with Crippen LogP contribution in [0.3, 0.4) is 0 Å². The predicted octanol–water partition coefficient (Wildman–Crippen LogP) is 3.88. The highest BCUT2D eigenvalue weighted by Gasteiger charge is 2.42. The van der Waals surface area contributed by atoms with Crippen molar-refractivity contribution in [3.05, 3.63) is 87.4 Å². The summed E-state index contributed by atoms with van der Waals surface area (Å²) >= 11 is 5.85. The molecule has 0 aliphatic heterocycles. The van der Waals surface area contributed by atoms with Crippen molar-refractivity contribution in [1.29, 1.82) is 0 Å². The molecule has 2 aliphatic carbocycles. The van der Waals surface area contributed by atoms with Gasteiger partial charge in [0.15, 0.2) is 5.71 Å². The minimum atomic E-state index is -4.68. The lowest BCUT2D eigenvalue weighted by Gasteiger charge is -2.16. The van der Waals surface area contributed by atoms with Gasteiger partial charge in [0.05, 0.1) is 0 Å². The van der Waals surface area contributed by atoms with Crippen molar-refractivity contribution in [2.24, 2.45) is 10.2 Å². The van der Waals surface area contributed by atoms with E-state index in [1.165, 1.54) is 6.07 Å². The van der Waals surface area contributed by atoms with E-state index in [4.69, 9.17) is 22.0 Å². The zero-order chi connectivity index (χ0) is 25.3. The molecular weight excluding hydrogens is 500 g/mol. The van der Waals surface area contributed by atoms with Crippen LogP contribution in [0.25, 0.3) is 6.08 Å². The number of hydroxylamine groups is 2. The van der Waals surface area contributed by atoms with Gasteiger partial charge in [-0.05, 0) is 52.3 Å². The molecule has 11 nitrogen and oxygen atoms in total. The van der Waals surface area contributed by atoms with E-state index in [0.29, 0.717) is 5.69 Å². The summed E-state index contributed by atoms with van der Waals surface area (Å²) in [6.07, 6.45) is 3.12. The summed E-state index contributed by atoms with van der Waals surface area (Å²) in [4.78, 5) is 24.7. The third kappa shape index (κ3) is 5.17. The lowest BCUT2D eigenvalue weighted by molar-refractivity contribution is -0.276. The van der Waals surface area contributed by atoms with Crippen LogP contribution in [0.1, 0.15) is 15.9 Å². The Labute approximate surface area is 204 Å². The Morgan fingerprint density at radius 1 is 0.886 bits per heavy atom. The molecule has 2 aliphatic rings. The first-order valence-corrected chi connectivity index (χ1v) is 11.6. The Kier molecular flexibility index (Phi) is 6.58. The number of hydrogen-bond donors (Lipinski definition) is 5. The van der Waals surface area contributed by atoms with Crippen LogP contribution in [0.15, 0.2) is 86.5 Å². The summed E-state index contributed by atoms with van der Waals surface area (Å²) in [5.41, 5.74) is -0.114. The van der Waals surface area contributed by atoms with Gasteiger partial charge in [-0.3, -0.25) is 20.0 Å². The van der Waals surface area contributed by atoms with Gasteiger partial charge in [-0.2, -0.15) is 9.11 Å². The molecule has 2 aromatic carbocycles. The van der Waals surface area contributed by atoms with Gasteiger partial charge in [-0.1, -0.05) is 29.8 Å². The number of ketones is 2. The molecule has 0 spiro atoms.